The fourth-order valence-electron chi connectivity index (χ4n) is 3.76. The van der Waals surface area contributed by atoms with Crippen LogP contribution in [0.2, 0.25) is 0 Å². The van der Waals surface area contributed by atoms with Gasteiger partial charge >= 0.3 is 0 Å². The second-order valence-corrected chi connectivity index (χ2v) is 9.72. The number of hydrogen-bond donors (Lipinski definition) is 1. The van der Waals surface area contributed by atoms with Gasteiger partial charge in [-0.2, -0.15) is 0 Å². The molecule has 1 unspecified atom stereocenters. The van der Waals surface area contributed by atoms with Crippen molar-refractivity contribution in [2.24, 2.45) is 5.92 Å². The summed E-state index contributed by atoms with van der Waals surface area (Å²) in [5.74, 6) is 0.710. The molecule has 0 spiro atoms. The van der Waals surface area contributed by atoms with Gasteiger partial charge in [0.05, 0.1) is 21.5 Å². The van der Waals surface area contributed by atoms with Crippen molar-refractivity contribution in [2.75, 3.05) is 31.2 Å². The van der Waals surface area contributed by atoms with Crippen molar-refractivity contribution in [3.63, 3.8) is 0 Å². The maximum Gasteiger partial charge on any atom is 0.270 e. The van der Waals surface area contributed by atoms with Gasteiger partial charge in [-0.15, -0.1) is 0 Å². The SMILES string of the molecule is CC1CCN(C(CNc2ccc([N+](=O)[O-])cc2S(C)(=O)=O)c2ccccc2)CC1. The summed E-state index contributed by atoms with van der Waals surface area (Å²) in [5.41, 5.74) is 1.32. The first-order valence-electron chi connectivity index (χ1n) is 9.77. The quantitative estimate of drug-likeness (QED) is 0.543. The molecule has 0 amide bonds. The largest absolute Gasteiger partial charge is 0.382 e. The summed E-state index contributed by atoms with van der Waals surface area (Å²) in [4.78, 5) is 12.9. The van der Waals surface area contributed by atoms with Crippen LogP contribution in [0.3, 0.4) is 0 Å². The third kappa shape index (κ3) is 5.33. The third-order valence-corrected chi connectivity index (χ3v) is 6.64. The Balaban J connectivity index is 1.87. The first-order valence-corrected chi connectivity index (χ1v) is 11.7. The standard InChI is InChI=1S/C21H27N3O4S/c1-16-10-12-23(13-11-16)20(17-6-4-3-5-7-17)15-22-19-9-8-18(24(25)26)14-21(19)29(2,27)28/h3-9,14,16,20,22H,10-13,15H2,1-2H3. The molecule has 2 aromatic carbocycles. The highest BCUT2D eigenvalue weighted by atomic mass is 32.2. The number of piperidine rings is 1. The minimum atomic E-state index is -3.61. The average molecular weight is 418 g/mol. The van der Waals surface area contributed by atoms with Gasteiger partial charge in [-0.05, 0) is 43.5 Å². The predicted octanol–water partition coefficient (Wildman–Crippen LogP) is 3.88. The molecule has 29 heavy (non-hydrogen) atoms. The molecule has 1 aliphatic heterocycles. The van der Waals surface area contributed by atoms with E-state index in [0.717, 1.165) is 43.8 Å². The Morgan fingerprint density at radius 1 is 1.17 bits per heavy atom. The average Bonchev–Trinajstić information content (AvgIpc) is 2.69. The van der Waals surface area contributed by atoms with Crippen LogP contribution in [-0.4, -0.2) is 44.1 Å². The normalized spacial score (nSPS) is 17.0. The lowest BCUT2D eigenvalue weighted by Crippen LogP contribution is -2.39. The van der Waals surface area contributed by atoms with Crippen molar-refractivity contribution < 1.29 is 13.3 Å². The van der Waals surface area contributed by atoms with E-state index in [1.165, 1.54) is 12.1 Å². The molecular formula is C21H27N3O4S. The van der Waals surface area contributed by atoms with Gasteiger partial charge in [0.25, 0.3) is 5.69 Å². The van der Waals surface area contributed by atoms with Crippen molar-refractivity contribution in [1.82, 2.24) is 4.90 Å². The summed E-state index contributed by atoms with van der Waals surface area (Å²) in [7, 11) is -3.61. The number of anilines is 1. The number of rotatable bonds is 7. The molecule has 0 aromatic heterocycles. The molecule has 1 saturated heterocycles. The summed E-state index contributed by atoms with van der Waals surface area (Å²) in [6.07, 6.45) is 3.34. The monoisotopic (exact) mass is 417 g/mol. The van der Waals surface area contributed by atoms with E-state index in [2.05, 4.69) is 29.3 Å². The van der Waals surface area contributed by atoms with Crippen molar-refractivity contribution in [3.8, 4) is 0 Å². The number of sulfone groups is 1. The second-order valence-electron chi connectivity index (χ2n) is 7.74. The van der Waals surface area contributed by atoms with Crippen LogP contribution in [0, 0.1) is 16.0 Å². The van der Waals surface area contributed by atoms with E-state index in [-0.39, 0.29) is 16.6 Å². The van der Waals surface area contributed by atoms with Crippen LogP contribution < -0.4 is 5.32 Å². The van der Waals surface area contributed by atoms with Crippen molar-refractivity contribution >= 4 is 21.2 Å². The van der Waals surface area contributed by atoms with Crippen LogP contribution in [0.4, 0.5) is 11.4 Å². The molecule has 1 atom stereocenters. The zero-order valence-corrected chi connectivity index (χ0v) is 17.6. The molecule has 2 aromatic rings. The number of likely N-dealkylation sites (tertiary alicyclic amines) is 1. The van der Waals surface area contributed by atoms with Crippen LogP contribution in [0.1, 0.15) is 31.4 Å². The van der Waals surface area contributed by atoms with Gasteiger partial charge in [-0.3, -0.25) is 15.0 Å². The molecule has 156 valence electrons. The van der Waals surface area contributed by atoms with Crippen LogP contribution in [-0.2, 0) is 9.84 Å². The molecule has 7 nitrogen and oxygen atoms in total. The number of benzene rings is 2. The van der Waals surface area contributed by atoms with Gasteiger partial charge in [0.15, 0.2) is 9.84 Å². The van der Waals surface area contributed by atoms with E-state index in [9.17, 15) is 18.5 Å². The highest BCUT2D eigenvalue weighted by Gasteiger charge is 2.25. The lowest BCUT2D eigenvalue weighted by molar-refractivity contribution is -0.385. The fourth-order valence-corrected chi connectivity index (χ4v) is 4.63. The molecule has 8 heteroatoms. The summed E-state index contributed by atoms with van der Waals surface area (Å²) >= 11 is 0. The molecular weight excluding hydrogens is 390 g/mol. The Labute approximate surface area is 171 Å². The zero-order valence-electron chi connectivity index (χ0n) is 16.7. The van der Waals surface area contributed by atoms with Gasteiger partial charge < -0.3 is 5.32 Å². The van der Waals surface area contributed by atoms with Gasteiger partial charge in [0, 0.05) is 24.9 Å². The molecule has 1 fully saturated rings. The van der Waals surface area contributed by atoms with Gasteiger partial charge in [0.2, 0.25) is 0 Å². The summed E-state index contributed by atoms with van der Waals surface area (Å²) < 4.78 is 24.4. The van der Waals surface area contributed by atoms with Crippen LogP contribution >= 0.6 is 0 Å². The van der Waals surface area contributed by atoms with Gasteiger partial charge in [-0.1, -0.05) is 37.3 Å². The molecule has 0 saturated carbocycles. The summed E-state index contributed by atoms with van der Waals surface area (Å²) in [6.45, 7) is 4.75. The van der Waals surface area contributed by atoms with E-state index in [0.29, 0.717) is 18.2 Å². The topological polar surface area (TPSA) is 92.5 Å². The highest BCUT2D eigenvalue weighted by molar-refractivity contribution is 7.90. The van der Waals surface area contributed by atoms with Crippen molar-refractivity contribution in [3.05, 3.63) is 64.2 Å². The lowest BCUT2D eigenvalue weighted by Gasteiger charge is -2.37. The lowest BCUT2D eigenvalue weighted by atomic mass is 9.95. The first kappa shape index (κ1) is 21.3. The number of nitrogens with zero attached hydrogens (tertiary/aromatic N) is 2. The Bertz CT molecular complexity index is 955. The Kier molecular flexibility index (Phi) is 6.54. The minimum Gasteiger partial charge on any atom is -0.382 e. The molecule has 0 aliphatic carbocycles. The number of non-ortho nitro benzene ring substituents is 1. The minimum absolute atomic E-state index is 0.0502. The third-order valence-electron chi connectivity index (χ3n) is 5.50. The number of nitrogens with one attached hydrogen (secondary N) is 1. The summed E-state index contributed by atoms with van der Waals surface area (Å²) in [6, 6.07) is 14.2. The van der Waals surface area contributed by atoms with Gasteiger partial charge in [-0.25, -0.2) is 8.42 Å². The molecule has 1 heterocycles. The van der Waals surface area contributed by atoms with E-state index < -0.39 is 14.8 Å². The summed E-state index contributed by atoms with van der Waals surface area (Å²) in [5, 5.41) is 14.3. The molecule has 0 bridgehead atoms. The van der Waals surface area contributed by atoms with E-state index >= 15 is 0 Å². The zero-order chi connectivity index (χ0) is 21.0. The Morgan fingerprint density at radius 2 is 1.83 bits per heavy atom. The molecule has 1 aliphatic rings. The molecule has 1 N–H and O–H groups in total. The molecule has 0 radical (unpaired) electrons. The van der Waals surface area contributed by atoms with E-state index in [1.807, 2.05) is 18.2 Å². The van der Waals surface area contributed by atoms with Crippen LogP contribution in [0.15, 0.2) is 53.4 Å². The second kappa shape index (κ2) is 8.92. The number of nitro groups is 1. The predicted molar refractivity (Wildman–Crippen MR) is 114 cm³/mol. The van der Waals surface area contributed by atoms with E-state index in [1.54, 1.807) is 0 Å². The Hall–Kier alpha value is -2.45. The smallest absolute Gasteiger partial charge is 0.270 e. The number of hydrogen-bond acceptors (Lipinski definition) is 6. The maximum absolute atomic E-state index is 12.2. The van der Waals surface area contributed by atoms with E-state index in [4.69, 9.17) is 0 Å². The van der Waals surface area contributed by atoms with Crippen molar-refractivity contribution in [2.45, 2.75) is 30.7 Å². The molecule has 3 rings (SSSR count). The first-order chi connectivity index (χ1) is 13.8. The van der Waals surface area contributed by atoms with Gasteiger partial charge in [0.1, 0.15) is 0 Å². The maximum atomic E-state index is 12.2. The van der Waals surface area contributed by atoms with Crippen LogP contribution in [0.5, 0.6) is 0 Å². The Morgan fingerprint density at radius 3 is 2.41 bits per heavy atom. The van der Waals surface area contributed by atoms with Crippen LogP contribution in [0.25, 0.3) is 0 Å². The van der Waals surface area contributed by atoms with Crippen molar-refractivity contribution in [1.29, 1.82) is 0 Å². The fraction of sp³-hybridized carbons (Fsp3) is 0.429. The highest BCUT2D eigenvalue weighted by Crippen LogP contribution is 2.30. The number of nitro benzene ring substituents is 1.